The fourth-order valence-electron chi connectivity index (χ4n) is 3.54. The Balaban J connectivity index is 3.06. The molecule has 1 rings (SSSR count). The summed E-state index contributed by atoms with van der Waals surface area (Å²) in [5.41, 5.74) is 16.2. The molecule has 15 nitrogen and oxygen atoms in total. The summed E-state index contributed by atoms with van der Waals surface area (Å²) in [5, 5.41) is 32.8. The number of nitrogens with zero attached hydrogens (tertiary/aromatic N) is 2. The molecule has 3 amide bonds. The van der Waals surface area contributed by atoms with Gasteiger partial charge in [0.2, 0.25) is 17.7 Å². The van der Waals surface area contributed by atoms with Gasteiger partial charge in [-0.2, -0.15) is 0 Å². The Labute approximate surface area is 202 Å². The quantitative estimate of drug-likeness (QED) is 0.0662. The first-order valence-corrected chi connectivity index (χ1v) is 11.2. The number of aliphatic hydroxyl groups excluding tert-OH is 1. The number of hydrogen-bond acceptors (Lipinski definition) is 8. The van der Waals surface area contributed by atoms with Crippen LogP contribution in [0.2, 0.25) is 0 Å². The minimum Gasteiger partial charge on any atom is -0.481 e. The molecule has 0 saturated carbocycles. The standard InChI is InChI=1S/C20H35N7O8/c1-10(28)15(21)17(32)25-11(4-2-8-24-20(22)23)16(31)26-12(6-7-14(29)30)18(33)27-9-3-5-13(27)19(34)35/h10-13,15,28H,2-9,21H2,1H3,(H,25,32)(H,26,31)(H,29,30)(H,34,35)(H4,22,23,24). The number of likely N-dealkylation sites (tertiary alicyclic amines) is 1. The lowest BCUT2D eigenvalue weighted by Gasteiger charge is -2.29. The van der Waals surface area contributed by atoms with Gasteiger partial charge in [0.25, 0.3) is 0 Å². The van der Waals surface area contributed by atoms with Crippen molar-refractivity contribution in [3.63, 3.8) is 0 Å². The molecule has 1 aliphatic heterocycles. The number of rotatable bonds is 14. The number of guanidine groups is 1. The lowest BCUT2D eigenvalue weighted by Crippen LogP contribution is -2.58. The Morgan fingerprint density at radius 3 is 2.23 bits per heavy atom. The van der Waals surface area contributed by atoms with Gasteiger partial charge in [-0.3, -0.25) is 24.2 Å². The molecule has 0 aromatic rings. The van der Waals surface area contributed by atoms with E-state index in [9.17, 15) is 34.2 Å². The van der Waals surface area contributed by atoms with Crippen LogP contribution in [0.25, 0.3) is 0 Å². The first-order valence-electron chi connectivity index (χ1n) is 11.2. The van der Waals surface area contributed by atoms with E-state index >= 15 is 0 Å². The zero-order valence-electron chi connectivity index (χ0n) is 19.6. The van der Waals surface area contributed by atoms with Gasteiger partial charge in [0.1, 0.15) is 24.2 Å². The van der Waals surface area contributed by atoms with Gasteiger partial charge in [0, 0.05) is 19.5 Å². The Hall–Kier alpha value is -3.46. The Morgan fingerprint density at radius 1 is 1.06 bits per heavy atom. The fraction of sp³-hybridized carbons (Fsp3) is 0.700. The monoisotopic (exact) mass is 501 g/mol. The normalized spacial score (nSPS) is 18.6. The topological polar surface area (TPSA) is 264 Å². The second-order valence-corrected chi connectivity index (χ2v) is 8.30. The highest BCUT2D eigenvalue weighted by atomic mass is 16.4. The third-order valence-electron chi connectivity index (χ3n) is 5.48. The van der Waals surface area contributed by atoms with Crippen molar-refractivity contribution in [1.82, 2.24) is 15.5 Å². The molecule has 5 atom stereocenters. The number of carbonyl (C=O) groups excluding carboxylic acids is 3. The van der Waals surface area contributed by atoms with Crippen molar-refractivity contribution in [2.24, 2.45) is 22.2 Å². The lowest BCUT2D eigenvalue weighted by molar-refractivity contribution is -0.150. The number of carboxylic acid groups (broad SMARTS) is 2. The molecule has 5 unspecified atom stereocenters. The van der Waals surface area contributed by atoms with Gasteiger partial charge in [-0.1, -0.05) is 0 Å². The maximum Gasteiger partial charge on any atom is 0.326 e. The second kappa shape index (κ2) is 14.1. The molecular formula is C20H35N7O8. The van der Waals surface area contributed by atoms with Gasteiger partial charge in [0.05, 0.1) is 6.10 Å². The molecular weight excluding hydrogens is 466 g/mol. The Bertz CT molecular complexity index is 815. The molecule has 1 fully saturated rings. The molecule has 35 heavy (non-hydrogen) atoms. The minimum absolute atomic E-state index is 0.0299. The molecule has 0 spiro atoms. The zero-order valence-corrected chi connectivity index (χ0v) is 19.6. The number of nitrogens with one attached hydrogen (secondary N) is 2. The molecule has 0 aromatic heterocycles. The molecule has 0 aromatic carbocycles. The van der Waals surface area contributed by atoms with Gasteiger partial charge in [-0.15, -0.1) is 0 Å². The van der Waals surface area contributed by atoms with Crippen LogP contribution >= 0.6 is 0 Å². The maximum atomic E-state index is 13.1. The SMILES string of the molecule is CC(O)C(N)C(=O)NC(CCCN=C(N)N)C(=O)NC(CCC(=O)O)C(=O)N1CCCC1C(=O)O. The number of amides is 3. The van der Waals surface area contributed by atoms with Crippen LogP contribution < -0.4 is 27.8 Å². The van der Waals surface area contributed by atoms with E-state index in [0.717, 1.165) is 4.90 Å². The molecule has 15 heteroatoms. The molecule has 1 heterocycles. The third-order valence-corrected chi connectivity index (χ3v) is 5.48. The predicted molar refractivity (Wildman–Crippen MR) is 123 cm³/mol. The minimum atomic E-state index is -1.33. The summed E-state index contributed by atoms with van der Waals surface area (Å²) in [7, 11) is 0. The van der Waals surface area contributed by atoms with Crippen LogP contribution in [-0.2, 0) is 24.0 Å². The van der Waals surface area contributed by atoms with E-state index in [0.29, 0.717) is 6.42 Å². The van der Waals surface area contributed by atoms with Gasteiger partial charge >= 0.3 is 11.9 Å². The smallest absolute Gasteiger partial charge is 0.326 e. The number of aliphatic carboxylic acids is 2. The number of carbonyl (C=O) groups is 5. The predicted octanol–water partition coefficient (Wildman–Crippen LogP) is -3.34. The molecule has 0 aliphatic carbocycles. The number of hydrogen-bond donors (Lipinski definition) is 8. The van der Waals surface area contributed by atoms with Crippen LogP contribution in [0.1, 0.15) is 45.4 Å². The van der Waals surface area contributed by atoms with Crippen LogP contribution in [-0.4, -0.2) is 99.2 Å². The fourth-order valence-corrected chi connectivity index (χ4v) is 3.54. The van der Waals surface area contributed by atoms with Crippen molar-refractivity contribution in [1.29, 1.82) is 0 Å². The summed E-state index contributed by atoms with van der Waals surface area (Å²) in [5.74, 6) is -4.93. The maximum absolute atomic E-state index is 13.1. The van der Waals surface area contributed by atoms with E-state index < -0.39 is 66.4 Å². The van der Waals surface area contributed by atoms with Crippen molar-refractivity contribution >= 4 is 35.6 Å². The van der Waals surface area contributed by atoms with Crippen LogP contribution in [0.5, 0.6) is 0 Å². The summed E-state index contributed by atoms with van der Waals surface area (Å²) in [6.45, 7) is 1.59. The number of nitrogens with two attached hydrogens (primary N) is 3. The van der Waals surface area contributed by atoms with Crippen molar-refractivity contribution in [2.75, 3.05) is 13.1 Å². The largest absolute Gasteiger partial charge is 0.481 e. The first-order chi connectivity index (χ1) is 16.3. The van der Waals surface area contributed by atoms with Gasteiger partial charge in [-0.05, 0) is 39.0 Å². The summed E-state index contributed by atoms with van der Waals surface area (Å²) >= 11 is 0. The molecule has 1 aliphatic rings. The van der Waals surface area contributed by atoms with Gasteiger partial charge in [0.15, 0.2) is 5.96 Å². The second-order valence-electron chi connectivity index (χ2n) is 8.30. The number of aliphatic imine (C=N–C) groups is 1. The summed E-state index contributed by atoms with van der Waals surface area (Å²) in [6, 6.07) is -4.95. The summed E-state index contributed by atoms with van der Waals surface area (Å²) in [4.78, 5) is 65.9. The molecule has 0 radical (unpaired) electrons. The molecule has 0 bridgehead atoms. The lowest BCUT2D eigenvalue weighted by atomic mass is 10.1. The van der Waals surface area contributed by atoms with Crippen molar-refractivity contribution in [3.8, 4) is 0 Å². The number of carboxylic acids is 2. The Kier molecular flexibility index (Phi) is 11.9. The van der Waals surface area contributed by atoms with E-state index in [1.165, 1.54) is 6.92 Å². The highest BCUT2D eigenvalue weighted by Crippen LogP contribution is 2.20. The van der Waals surface area contributed by atoms with Crippen molar-refractivity contribution < 1.29 is 39.3 Å². The third kappa shape index (κ3) is 9.74. The van der Waals surface area contributed by atoms with Crippen LogP contribution in [0, 0.1) is 0 Å². The molecule has 1 saturated heterocycles. The van der Waals surface area contributed by atoms with E-state index in [1.54, 1.807) is 0 Å². The summed E-state index contributed by atoms with van der Waals surface area (Å²) < 4.78 is 0. The average molecular weight is 502 g/mol. The highest BCUT2D eigenvalue weighted by molar-refractivity contribution is 5.94. The van der Waals surface area contributed by atoms with E-state index in [2.05, 4.69) is 15.6 Å². The molecule has 198 valence electrons. The first kappa shape index (κ1) is 29.6. The van der Waals surface area contributed by atoms with E-state index in [4.69, 9.17) is 22.3 Å². The highest BCUT2D eigenvalue weighted by Gasteiger charge is 2.38. The van der Waals surface area contributed by atoms with Crippen LogP contribution in [0.15, 0.2) is 4.99 Å². The van der Waals surface area contributed by atoms with Crippen LogP contribution in [0.4, 0.5) is 0 Å². The average Bonchev–Trinajstić information content (AvgIpc) is 3.27. The van der Waals surface area contributed by atoms with E-state index in [1.807, 2.05) is 0 Å². The van der Waals surface area contributed by atoms with Crippen molar-refractivity contribution in [2.45, 2.75) is 75.7 Å². The van der Waals surface area contributed by atoms with Gasteiger partial charge in [-0.25, -0.2) is 4.79 Å². The summed E-state index contributed by atoms with van der Waals surface area (Å²) in [6.07, 6.45) is -0.983. The van der Waals surface area contributed by atoms with Crippen LogP contribution in [0.3, 0.4) is 0 Å². The molecule has 11 N–H and O–H groups in total. The van der Waals surface area contributed by atoms with Gasteiger partial charge < -0.3 is 48.1 Å². The number of aliphatic hydroxyl groups is 1. The zero-order chi connectivity index (χ0) is 26.7. The van der Waals surface area contributed by atoms with Crippen molar-refractivity contribution in [3.05, 3.63) is 0 Å². The van der Waals surface area contributed by atoms with E-state index in [-0.39, 0.29) is 44.7 Å². The Morgan fingerprint density at radius 2 is 1.69 bits per heavy atom.